The summed E-state index contributed by atoms with van der Waals surface area (Å²) in [6.07, 6.45) is -4.11. The average Bonchev–Trinajstić information content (AvgIpc) is 2.72. The molecule has 4 atom stereocenters. The molecular weight excluding hydrogens is 443 g/mol. The zero-order chi connectivity index (χ0) is 21.1. The maximum Gasteiger partial charge on any atom is 0.0945 e. The third-order valence-electron chi connectivity index (χ3n) is 4.15. The maximum absolute atomic E-state index is 9.72. The Hall–Kier alpha value is -0.920. The van der Waals surface area contributed by atoms with E-state index in [1.807, 2.05) is 0 Å². The van der Waals surface area contributed by atoms with Crippen LogP contribution in [0.1, 0.15) is 0 Å². The molecule has 0 saturated heterocycles. The summed E-state index contributed by atoms with van der Waals surface area (Å²) in [7, 11) is 0. The highest BCUT2D eigenvalue weighted by atomic mass is 35.5. The van der Waals surface area contributed by atoms with Crippen molar-refractivity contribution in [2.45, 2.75) is 24.4 Å². The molecule has 0 aromatic heterocycles. The Kier molecular flexibility index (Phi) is 17.4. The fraction of sp³-hybridized carbons (Fsp3) is 0.667. The lowest BCUT2D eigenvalue weighted by Gasteiger charge is -2.31. The second-order valence-corrected chi connectivity index (χ2v) is 6.67. The van der Waals surface area contributed by atoms with Crippen LogP contribution < -0.4 is 9.80 Å². The number of anilines is 2. The average molecular weight is 477 g/mol. The van der Waals surface area contributed by atoms with Crippen LogP contribution in [0.15, 0.2) is 24.3 Å². The molecular formula is C18H34Cl2N2O8. The van der Waals surface area contributed by atoms with Gasteiger partial charge in [0.05, 0.1) is 50.8 Å². The van der Waals surface area contributed by atoms with Crippen molar-refractivity contribution >= 4 is 36.2 Å². The molecule has 1 aromatic rings. The minimum absolute atomic E-state index is 0. The van der Waals surface area contributed by atoms with Crippen molar-refractivity contribution in [1.29, 1.82) is 0 Å². The molecule has 30 heavy (non-hydrogen) atoms. The summed E-state index contributed by atoms with van der Waals surface area (Å²) in [6, 6.07) is 6.75. The van der Waals surface area contributed by atoms with E-state index in [9.17, 15) is 20.4 Å². The summed E-state index contributed by atoms with van der Waals surface area (Å²) in [4.78, 5) is 3.22. The number of hydrogen-bond donors (Lipinski definition) is 8. The van der Waals surface area contributed by atoms with Crippen LogP contribution in [-0.2, 0) is 0 Å². The highest BCUT2D eigenvalue weighted by molar-refractivity contribution is 5.85. The van der Waals surface area contributed by atoms with Gasteiger partial charge in [0, 0.05) is 37.6 Å². The molecule has 0 aliphatic heterocycles. The zero-order valence-electron chi connectivity index (χ0n) is 16.6. The van der Waals surface area contributed by atoms with Crippen LogP contribution in [0.3, 0.4) is 0 Å². The second-order valence-electron chi connectivity index (χ2n) is 6.67. The molecule has 0 radical (unpaired) electrons. The van der Waals surface area contributed by atoms with Gasteiger partial charge in [-0.25, -0.2) is 0 Å². The third kappa shape index (κ3) is 10.9. The quantitative estimate of drug-likeness (QED) is 0.144. The summed E-state index contributed by atoms with van der Waals surface area (Å²) in [5, 5.41) is 75.2. The maximum atomic E-state index is 9.72. The highest BCUT2D eigenvalue weighted by Gasteiger charge is 2.18. The summed E-state index contributed by atoms with van der Waals surface area (Å²) in [5.41, 5.74) is 1.24. The number of aliphatic hydroxyl groups excluding tert-OH is 8. The van der Waals surface area contributed by atoms with Crippen LogP contribution in [-0.4, -0.2) is 118 Å². The topological polar surface area (TPSA) is 168 Å². The fourth-order valence-electron chi connectivity index (χ4n) is 2.69. The van der Waals surface area contributed by atoms with Gasteiger partial charge >= 0.3 is 0 Å². The van der Waals surface area contributed by atoms with E-state index < -0.39 is 50.8 Å². The number of halogens is 2. The molecule has 0 spiro atoms. The van der Waals surface area contributed by atoms with Gasteiger partial charge in [0.1, 0.15) is 0 Å². The summed E-state index contributed by atoms with van der Waals surface area (Å²) >= 11 is 0. The molecule has 0 fully saturated rings. The van der Waals surface area contributed by atoms with E-state index in [0.29, 0.717) is 11.4 Å². The predicted molar refractivity (Wildman–Crippen MR) is 118 cm³/mol. The molecule has 10 nitrogen and oxygen atoms in total. The number of rotatable bonds is 14. The van der Waals surface area contributed by atoms with Crippen LogP contribution in [0.4, 0.5) is 11.4 Å². The molecule has 8 N–H and O–H groups in total. The van der Waals surface area contributed by atoms with Crippen molar-refractivity contribution in [2.24, 2.45) is 0 Å². The monoisotopic (exact) mass is 476 g/mol. The van der Waals surface area contributed by atoms with Gasteiger partial charge in [-0.1, -0.05) is 0 Å². The SMILES string of the molecule is Cl.Cl.OCC(O)CN(CC(O)CO)c1ccc(N(CC(O)CO)CC(O)CO)cc1. The first-order chi connectivity index (χ1) is 13.3. The molecule has 0 saturated carbocycles. The third-order valence-corrected chi connectivity index (χ3v) is 4.15. The van der Waals surface area contributed by atoms with E-state index in [-0.39, 0.29) is 51.0 Å². The number of hydrogen-bond acceptors (Lipinski definition) is 10. The van der Waals surface area contributed by atoms with E-state index in [2.05, 4.69) is 0 Å². The lowest BCUT2D eigenvalue weighted by molar-refractivity contribution is 0.0837. The van der Waals surface area contributed by atoms with Crippen molar-refractivity contribution in [1.82, 2.24) is 0 Å². The van der Waals surface area contributed by atoms with E-state index in [1.54, 1.807) is 34.1 Å². The van der Waals surface area contributed by atoms with E-state index in [4.69, 9.17) is 20.4 Å². The molecule has 4 unspecified atom stereocenters. The van der Waals surface area contributed by atoms with E-state index in [0.717, 1.165) is 0 Å². The van der Waals surface area contributed by atoms with Crippen molar-refractivity contribution in [2.75, 3.05) is 62.4 Å². The Morgan fingerprint density at radius 3 is 0.867 bits per heavy atom. The molecule has 1 rings (SSSR count). The van der Waals surface area contributed by atoms with Gasteiger partial charge in [-0.2, -0.15) is 0 Å². The summed E-state index contributed by atoms with van der Waals surface area (Å²) in [6.45, 7) is -1.62. The summed E-state index contributed by atoms with van der Waals surface area (Å²) < 4.78 is 0. The van der Waals surface area contributed by atoms with E-state index >= 15 is 0 Å². The van der Waals surface area contributed by atoms with Gasteiger partial charge in [0.15, 0.2) is 0 Å². The van der Waals surface area contributed by atoms with Crippen molar-refractivity contribution < 1.29 is 40.9 Å². The second kappa shape index (κ2) is 16.7. The first-order valence-electron chi connectivity index (χ1n) is 9.10. The van der Waals surface area contributed by atoms with Gasteiger partial charge in [0.2, 0.25) is 0 Å². The molecule has 0 bridgehead atoms. The number of benzene rings is 1. The molecule has 0 aliphatic rings. The Morgan fingerprint density at radius 1 is 0.500 bits per heavy atom. The molecule has 178 valence electrons. The Bertz CT molecular complexity index is 472. The highest BCUT2D eigenvalue weighted by Crippen LogP contribution is 2.22. The molecule has 12 heteroatoms. The molecule has 0 heterocycles. The van der Waals surface area contributed by atoms with Crippen LogP contribution in [0.2, 0.25) is 0 Å². The van der Waals surface area contributed by atoms with Gasteiger partial charge in [-0.15, -0.1) is 24.8 Å². The lowest BCUT2D eigenvalue weighted by Crippen LogP contribution is -2.41. The standard InChI is InChI=1S/C18H32N2O8.2ClH/c21-9-15(25)5-19(6-16(26)10-22)13-1-2-14(4-3-13)20(7-17(27)11-23)8-18(28)12-24;;/h1-4,15-18,21-28H,5-12H2;2*1H. The smallest absolute Gasteiger partial charge is 0.0945 e. The lowest BCUT2D eigenvalue weighted by atomic mass is 10.2. The van der Waals surface area contributed by atoms with Gasteiger partial charge < -0.3 is 50.7 Å². The number of aliphatic hydroxyl groups is 8. The van der Waals surface area contributed by atoms with Crippen molar-refractivity contribution in [3.63, 3.8) is 0 Å². The molecule has 0 aliphatic carbocycles. The normalized spacial score (nSPS) is 14.7. The van der Waals surface area contributed by atoms with Crippen LogP contribution >= 0.6 is 24.8 Å². The first-order valence-corrected chi connectivity index (χ1v) is 9.10. The van der Waals surface area contributed by atoms with Gasteiger partial charge in [-0.3, -0.25) is 0 Å². The van der Waals surface area contributed by atoms with E-state index in [1.165, 1.54) is 0 Å². The largest absolute Gasteiger partial charge is 0.394 e. The number of nitrogens with zero attached hydrogens (tertiary/aromatic N) is 2. The minimum Gasteiger partial charge on any atom is -0.394 e. The Labute approximate surface area is 188 Å². The predicted octanol–water partition coefficient (Wildman–Crippen LogP) is -2.44. The van der Waals surface area contributed by atoms with Crippen molar-refractivity contribution in [3.8, 4) is 0 Å². The van der Waals surface area contributed by atoms with Gasteiger partial charge in [0.25, 0.3) is 0 Å². The summed E-state index contributed by atoms with van der Waals surface area (Å²) in [5.74, 6) is 0. The van der Waals surface area contributed by atoms with Crippen LogP contribution in [0, 0.1) is 0 Å². The van der Waals surface area contributed by atoms with Crippen molar-refractivity contribution in [3.05, 3.63) is 24.3 Å². The molecule has 0 amide bonds. The van der Waals surface area contributed by atoms with Gasteiger partial charge in [-0.05, 0) is 24.3 Å². The van der Waals surface area contributed by atoms with Crippen LogP contribution in [0.25, 0.3) is 0 Å². The molecule has 1 aromatic carbocycles. The van der Waals surface area contributed by atoms with Crippen LogP contribution in [0.5, 0.6) is 0 Å². The Balaban J connectivity index is 0. The minimum atomic E-state index is -1.03. The fourth-order valence-corrected chi connectivity index (χ4v) is 2.69. The first kappa shape index (κ1) is 31.3. The Morgan fingerprint density at radius 2 is 0.700 bits per heavy atom. The zero-order valence-corrected chi connectivity index (χ0v) is 18.2.